The van der Waals surface area contributed by atoms with Crippen molar-refractivity contribution in [3.05, 3.63) is 114 Å². The standard InChI is InChI=1S/C36H35FN2O5Si/c1-23-33(45(2,3)37)32(20-21-40)44-36(23)27-11-5-6-12-28(27)38(35(36)42)22-24-16-18-25(19-17-24)39-29-13-7-9-15-31(29)43-30-14-8-4-10-26(30)34(39)41/h4-19,23,32-33,40H,20-22H2,1-3H3/t23-,32+,33-,36+/m1/s1. The van der Waals surface area contributed by atoms with E-state index in [2.05, 4.69) is 0 Å². The van der Waals surface area contributed by atoms with Crippen LogP contribution in [0.3, 0.4) is 0 Å². The number of halogens is 1. The lowest BCUT2D eigenvalue weighted by atomic mass is 9.82. The molecule has 0 aromatic heterocycles. The maximum atomic E-state index is 15.7. The van der Waals surface area contributed by atoms with Crippen LogP contribution in [0, 0.1) is 5.92 Å². The van der Waals surface area contributed by atoms with Gasteiger partial charge in [-0.15, -0.1) is 0 Å². The molecule has 0 saturated carbocycles. The van der Waals surface area contributed by atoms with Crippen molar-refractivity contribution in [3.63, 3.8) is 0 Å². The van der Waals surface area contributed by atoms with E-state index in [0.29, 0.717) is 28.4 Å². The summed E-state index contributed by atoms with van der Waals surface area (Å²) in [5.41, 5.74) is 2.36. The average Bonchev–Trinajstić information content (AvgIpc) is 3.40. The van der Waals surface area contributed by atoms with Gasteiger partial charge in [0.25, 0.3) is 11.8 Å². The molecule has 0 aliphatic carbocycles. The molecule has 1 spiro atoms. The molecule has 0 radical (unpaired) electrons. The molecule has 4 atom stereocenters. The van der Waals surface area contributed by atoms with E-state index in [4.69, 9.17) is 9.47 Å². The molecule has 2 amide bonds. The van der Waals surface area contributed by atoms with E-state index in [1.807, 2.05) is 91.9 Å². The lowest BCUT2D eigenvalue weighted by molar-refractivity contribution is -0.146. The van der Waals surface area contributed by atoms with E-state index >= 15 is 4.11 Å². The fraction of sp³-hybridized carbons (Fsp3) is 0.278. The second-order valence-corrected chi connectivity index (χ2v) is 16.4. The Morgan fingerprint density at radius 3 is 2.22 bits per heavy atom. The number of carbonyl (C=O) groups is 2. The zero-order chi connectivity index (χ0) is 31.5. The molecule has 0 unspecified atom stereocenters. The van der Waals surface area contributed by atoms with Crippen LogP contribution in [0.2, 0.25) is 18.6 Å². The van der Waals surface area contributed by atoms with Crippen molar-refractivity contribution in [1.29, 1.82) is 0 Å². The summed E-state index contributed by atoms with van der Waals surface area (Å²) in [5.74, 6) is 0.259. The Morgan fingerprint density at radius 2 is 1.51 bits per heavy atom. The van der Waals surface area contributed by atoms with E-state index in [1.165, 1.54) is 0 Å². The monoisotopic (exact) mass is 622 g/mol. The number of nitrogens with zero attached hydrogens (tertiary/aromatic N) is 2. The second-order valence-electron chi connectivity index (χ2n) is 12.6. The van der Waals surface area contributed by atoms with Crippen LogP contribution in [0.15, 0.2) is 97.1 Å². The van der Waals surface area contributed by atoms with Crippen molar-refractivity contribution in [2.75, 3.05) is 16.4 Å². The highest BCUT2D eigenvalue weighted by Crippen LogP contribution is 2.60. The van der Waals surface area contributed by atoms with Crippen LogP contribution in [0.5, 0.6) is 11.5 Å². The minimum Gasteiger partial charge on any atom is -0.454 e. The molecule has 1 fully saturated rings. The van der Waals surface area contributed by atoms with Gasteiger partial charge in [-0.2, -0.15) is 0 Å². The molecule has 3 heterocycles. The van der Waals surface area contributed by atoms with Gasteiger partial charge >= 0.3 is 0 Å². The van der Waals surface area contributed by atoms with Gasteiger partial charge in [-0.1, -0.05) is 61.5 Å². The number of benzene rings is 4. The topological polar surface area (TPSA) is 79.3 Å². The number of rotatable bonds is 6. The predicted molar refractivity (Wildman–Crippen MR) is 173 cm³/mol. The van der Waals surface area contributed by atoms with Crippen molar-refractivity contribution in [2.45, 2.75) is 50.2 Å². The number of para-hydroxylation sites is 4. The summed E-state index contributed by atoms with van der Waals surface area (Å²) >= 11 is 0. The molecule has 45 heavy (non-hydrogen) atoms. The van der Waals surface area contributed by atoms with Crippen molar-refractivity contribution >= 4 is 37.3 Å². The van der Waals surface area contributed by atoms with Gasteiger partial charge in [0.1, 0.15) is 5.75 Å². The molecular formula is C36H35FN2O5Si. The first-order valence-corrected chi connectivity index (χ1v) is 18.3. The summed E-state index contributed by atoms with van der Waals surface area (Å²) in [6.45, 7) is 5.37. The Hall–Kier alpha value is -4.31. The number of hydrogen-bond acceptors (Lipinski definition) is 5. The summed E-state index contributed by atoms with van der Waals surface area (Å²) in [6, 6.07) is 29.8. The molecule has 3 aliphatic heterocycles. The third-order valence-corrected chi connectivity index (χ3v) is 11.9. The first-order valence-electron chi connectivity index (χ1n) is 15.3. The molecule has 230 valence electrons. The van der Waals surface area contributed by atoms with Crippen molar-refractivity contribution < 1.29 is 28.3 Å². The third-order valence-electron chi connectivity index (χ3n) is 9.46. The fourth-order valence-electron chi connectivity index (χ4n) is 7.55. The molecule has 1 saturated heterocycles. The van der Waals surface area contributed by atoms with Gasteiger partial charge in [-0.05, 0) is 67.5 Å². The number of hydrogen-bond donors (Lipinski definition) is 1. The molecular weight excluding hydrogens is 587 g/mol. The number of amides is 2. The third kappa shape index (κ3) is 4.60. The number of carbonyl (C=O) groups excluding carboxylic acids is 2. The van der Waals surface area contributed by atoms with E-state index in [-0.39, 0.29) is 31.4 Å². The van der Waals surface area contributed by atoms with Gasteiger partial charge in [0.2, 0.25) is 8.41 Å². The van der Waals surface area contributed by atoms with Crippen LogP contribution in [0.25, 0.3) is 0 Å². The van der Waals surface area contributed by atoms with E-state index in [0.717, 1.165) is 16.8 Å². The highest BCUT2D eigenvalue weighted by atomic mass is 28.4. The molecule has 1 N–H and O–H groups in total. The summed E-state index contributed by atoms with van der Waals surface area (Å²) < 4.78 is 28.5. The zero-order valence-corrected chi connectivity index (χ0v) is 26.4. The Bertz CT molecular complexity index is 1790. The molecule has 3 aliphatic rings. The smallest absolute Gasteiger partial charge is 0.266 e. The number of anilines is 3. The predicted octanol–water partition coefficient (Wildman–Crippen LogP) is 7.48. The van der Waals surface area contributed by atoms with Crippen LogP contribution in [0.1, 0.15) is 34.8 Å². The maximum Gasteiger partial charge on any atom is 0.266 e. The molecule has 7 nitrogen and oxygen atoms in total. The van der Waals surface area contributed by atoms with Gasteiger partial charge in [-0.3, -0.25) is 14.5 Å². The normalized spacial score (nSPS) is 23.9. The SMILES string of the molecule is C[C@@H]1[C@@H]([Si](C)(C)F)[C@H](CCO)O[C@@]12C(=O)N(Cc1ccc(N3C(=O)c4ccccc4Oc4ccccc43)cc1)c1ccccc12. The second kappa shape index (κ2) is 10.9. The maximum absolute atomic E-state index is 15.7. The van der Waals surface area contributed by atoms with Crippen LogP contribution in [0.4, 0.5) is 21.2 Å². The van der Waals surface area contributed by atoms with Gasteiger partial charge < -0.3 is 23.6 Å². The summed E-state index contributed by atoms with van der Waals surface area (Å²) in [7, 11) is -3.26. The highest BCUT2D eigenvalue weighted by molar-refractivity contribution is 6.72. The lowest BCUT2D eigenvalue weighted by Gasteiger charge is -2.31. The average molecular weight is 623 g/mol. The van der Waals surface area contributed by atoms with Crippen LogP contribution in [-0.2, 0) is 21.7 Å². The van der Waals surface area contributed by atoms with Crippen LogP contribution < -0.4 is 14.5 Å². The Balaban J connectivity index is 1.22. The summed E-state index contributed by atoms with van der Waals surface area (Å²) in [6.07, 6.45) is -0.266. The molecule has 9 heteroatoms. The summed E-state index contributed by atoms with van der Waals surface area (Å²) in [5, 5.41) is 9.77. The molecule has 4 aromatic rings. The first kappa shape index (κ1) is 29.4. The number of aliphatic hydroxyl groups excluding tert-OH is 1. The van der Waals surface area contributed by atoms with Crippen LogP contribution >= 0.6 is 0 Å². The van der Waals surface area contributed by atoms with E-state index in [9.17, 15) is 14.7 Å². The Kier molecular flexibility index (Phi) is 7.15. The number of ether oxygens (including phenoxy) is 2. The first-order chi connectivity index (χ1) is 21.6. The van der Waals surface area contributed by atoms with Gasteiger partial charge in [0.05, 0.1) is 29.6 Å². The van der Waals surface area contributed by atoms with Crippen molar-refractivity contribution in [2.24, 2.45) is 5.92 Å². The zero-order valence-electron chi connectivity index (χ0n) is 25.4. The minimum absolute atomic E-state index is 0.137. The van der Waals surface area contributed by atoms with Gasteiger partial charge in [-0.25, -0.2) is 0 Å². The minimum atomic E-state index is -3.26. The molecule has 4 aromatic carbocycles. The van der Waals surface area contributed by atoms with Gasteiger partial charge in [0, 0.05) is 29.3 Å². The quantitative estimate of drug-likeness (QED) is 0.178. The number of fused-ring (bicyclic) bond motifs is 4. The largest absolute Gasteiger partial charge is 0.454 e. The molecule has 0 bridgehead atoms. The Labute approximate surface area is 263 Å². The van der Waals surface area contributed by atoms with Crippen LogP contribution in [-0.4, -0.2) is 38.0 Å². The fourth-order valence-corrected chi connectivity index (χ4v) is 10.1. The van der Waals surface area contributed by atoms with E-state index in [1.54, 1.807) is 35.0 Å². The number of aliphatic hydroxyl groups is 1. The van der Waals surface area contributed by atoms with E-state index < -0.39 is 31.6 Å². The van der Waals surface area contributed by atoms with Crippen molar-refractivity contribution in [1.82, 2.24) is 0 Å². The van der Waals surface area contributed by atoms with Crippen molar-refractivity contribution in [3.8, 4) is 11.5 Å². The summed E-state index contributed by atoms with van der Waals surface area (Å²) in [4.78, 5) is 31.6. The lowest BCUT2D eigenvalue weighted by Crippen LogP contribution is -2.45. The molecule has 7 rings (SSSR count). The Morgan fingerprint density at radius 1 is 0.867 bits per heavy atom. The van der Waals surface area contributed by atoms with Gasteiger partial charge in [0.15, 0.2) is 11.4 Å². The highest BCUT2D eigenvalue weighted by Gasteiger charge is 2.66.